The Morgan fingerprint density at radius 2 is 1.74 bits per heavy atom. The van der Waals surface area contributed by atoms with E-state index in [2.05, 4.69) is 10.1 Å². The molecule has 0 spiro atoms. The Morgan fingerprint density at radius 1 is 1.17 bits per heavy atom. The monoisotopic (exact) mass is 362 g/mol. The highest BCUT2D eigenvalue weighted by molar-refractivity contribution is 7.90. The van der Waals surface area contributed by atoms with Gasteiger partial charge in [-0.3, -0.25) is 4.79 Å². The molecule has 0 unspecified atom stereocenters. The topological polar surface area (TPSA) is 102 Å². The quantitative estimate of drug-likeness (QED) is 0.469. The first-order chi connectivity index (χ1) is 10.4. The molecule has 0 aliphatic heterocycles. The molecule has 11 heteroatoms. The summed E-state index contributed by atoms with van der Waals surface area (Å²) in [6.07, 6.45) is 0.166. The third-order valence-corrected chi connectivity index (χ3v) is 4.06. The van der Waals surface area contributed by atoms with Crippen LogP contribution in [0.15, 0.2) is 0 Å². The van der Waals surface area contributed by atoms with Crippen molar-refractivity contribution in [2.75, 3.05) is 13.7 Å². The zero-order valence-electron chi connectivity index (χ0n) is 13.1. The number of carbonyl (C=O) groups is 2. The summed E-state index contributed by atoms with van der Waals surface area (Å²) in [6.45, 7) is 3.00. The zero-order valence-corrected chi connectivity index (χ0v) is 13.9. The maximum absolute atomic E-state index is 12.0. The minimum Gasteiger partial charge on any atom is -0.467 e. The number of ether oxygens (including phenoxy) is 1. The van der Waals surface area contributed by atoms with Gasteiger partial charge in [0, 0.05) is 13.0 Å². The van der Waals surface area contributed by atoms with Crippen molar-refractivity contribution in [3.05, 3.63) is 0 Å². The van der Waals surface area contributed by atoms with Crippen molar-refractivity contribution in [3.63, 3.8) is 0 Å². The minimum absolute atomic E-state index is 0.0477. The van der Waals surface area contributed by atoms with E-state index in [1.54, 1.807) is 13.8 Å². The summed E-state index contributed by atoms with van der Waals surface area (Å²) < 4.78 is 63.5. The lowest BCUT2D eigenvalue weighted by molar-refractivity contribution is -0.146. The Hall–Kier alpha value is -1.36. The molecule has 2 N–H and O–H groups in total. The molecule has 0 aromatic rings. The molecule has 0 saturated carbocycles. The average Bonchev–Trinajstić information content (AvgIpc) is 2.41. The number of halogens is 3. The van der Waals surface area contributed by atoms with Gasteiger partial charge in [0.1, 0.15) is 6.04 Å². The normalized spacial score (nSPS) is 13.7. The van der Waals surface area contributed by atoms with Gasteiger partial charge in [-0.2, -0.15) is 13.2 Å². The van der Waals surface area contributed by atoms with Crippen LogP contribution < -0.4 is 10.0 Å². The van der Waals surface area contributed by atoms with Gasteiger partial charge in [0.05, 0.1) is 7.11 Å². The molecule has 0 heterocycles. The lowest BCUT2D eigenvalue weighted by Gasteiger charge is -2.19. The molecular formula is C12H21F3N2O5S. The van der Waals surface area contributed by atoms with Crippen LogP contribution in [0.1, 0.15) is 33.1 Å². The number of carbonyl (C=O) groups excluding carboxylic acids is 2. The standard InChI is InChI=1S/C12H21F3N2O5S/c1-8(2)10(11(19)22-3)17-9(18)6-4-5-7-16-23(20,21)12(13,14)15/h8,10,16H,4-7H2,1-3H3,(H,17,18)/t10-/m0/s1. The molecule has 0 fully saturated rings. The second-order valence-electron chi connectivity index (χ2n) is 5.11. The van der Waals surface area contributed by atoms with E-state index in [1.165, 1.54) is 11.8 Å². The molecule has 23 heavy (non-hydrogen) atoms. The molecule has 0 aliphatic carbocycles. The number of unbranched alkanes of at least 4 members (excludes halogenated alkanes) is 1. The summed E-state index contributed by atoms with van der Waals surface area (Å²) in [7, 11) is -4.16. The summed E-state index contributed by atoms with van der Waals surface area (Å²) in [4.78, 5) is 23.1. The summed E-state index contributed by atoms with van der Waals surface area (Å²) >= 11 is 0. The van der Waals surface area contributed by atoms with E-state index in [1.807, 2.05) is 0 Å². The lowest BCUT2D eigenvalue weighted by Crippen LogP contribution is -2.45. The first-order valence-electron chi connectivity index (χ1n) is 6.85. The molecule has 7 nitrogen and oxygen atoms in total. The van der Waals surface area contributed by atoms with Crippen molar-refractivity contribution in [1.82, 2.24) is 10.0 Å². The van der Waals surface area contributed by atoms with E-state index in [0.717, 1.165) is 0 Å². The lowest BCUT2D eigenvalue weighted by atomic mass is 10.0. The number of alkyl halides is 3. The largest absolute Gasteiger partial charge is 0.511 e. The van der Waals surface area contributed by atoms with Crippen LogP contribution in [0.25, 0.3) is 0 Å². The second-order valence-corrected chi connectivity index (χ2v) is 6.87. The van der Waals surface area contributed by atoms with E-state index in [0.29, 0.717) is 0 Å². The van der Waals surface area contributed by atoms with Crippen molar-refractivity contribution in [3.8, 4) is 0 Å². The van der Waals surface area contributed by atoms with Gasteiger partial charge in [-0.05, 0) is 18.8 Å². The zero-order chi connectivity index (χ0) is 18.3. The Morgan fingerprint density at radius 3 is 2.17 bits per heavy atom. The highest BCUT2D eigenvalue weighted by Crippen LogP contribution is 2.21. The molecule has 1 amide bonds. The SMILES string of the molecule is COC(=O)[C@@H](NC(=O)CCCCNS(=O)(=O)C(F)(F)F)C(C)C. The van der Waals surface area contributed by atoms with Gasteiger partial charge in [0.2, 0.25) is 5.91 Å². The van der Waals surface area contributed by atoms with Crippen molar-refractivity contribution in [2.45, 2.75) is 44.7 Å². The predicted molar refractivity (Wildman–Crippen MR) is 75.6 cm³/mol. The number of hydrogen-bond acceptors (Lipinski definition) is 5. The molecule has 0 saturated heterocycles. The smallest absolute Gasteiger partial charge is 0.467 e. The van der Waals surface area contributed by atoms with E-state index < -0.39 is 40.0 Å². The molecule has 0 radical (unpaired) electrons. The van der Waals surface area contributed by atoms with Crippen LogP contribution in [-0.4, -0.2) is 45.5 Å². The molecular weight excluding hydrogens is 341 g/mol. The second kappa shape index (κ2) is 9.06. The highest BCUT2D eigenvalue weighted by Gasteiger charge is 2.45. The summed E-state index contributed by atoms with van der Waals surface area (Å²) in [5.74, 6) is -1.25. The van der Waals surface area contributed by atoms with Crippen LogP contribution in [0.4, 0.5) is 13.2 Å². The molecule has 0 rings (SSSR count). The fourth-order valence-corrected chi connectivity index (χ4v) is 2.15. The Kier molecular flexibility index (Phi) is 8.53. The fourth-order valence-electron chi connectivity index (χ4n) is 1.57. The van der Waals surface area contributed by atoms with E-state index >= 15 is 0 Å². The molecule has 0 aromatic carbocycles. The predicted octanol–water partition coefficient (Wildman–Crippen LogP) is 0.910. The number of nitrogens with one attached hydrogen (secondary N) is 2. The first-order valence-corrected chi connectivity index (χ1v) is 8.33. The Bertz CT molecular complexity index is 505. The van der Waals surface area contributed by atoms with Crippen LogP contribution in [0.3, 0.4) is 0 Å². The van der Waals surface area contributed by atoms with Crippen molar-refractivity contribution < 1.29 is 35.9 Å². The van der Waals surface area contributed by atoms with Crippen LogP contribution in [-0.2, 0) is 24.3 Å². The molecule has 1 atom stereocenters. The van der Waals surface area contributed by atoms with Crippen LogP contribution >= 0.6 is 0 Å². The summed E-state index contributed by atoms with van der Waals surface area (Å²) in [6, 6.07) is -0.809. The van der Waals surface area contributed by atoms with Crippen molar-refractivity contribution >= 4 is 21.9 Å². The van der Waals surface area contributed by atoms with Gasteiger partial charge in [-0.15, -0.1) is 0 Å². The third-order valence-electron chi connectivity index (χ3n) is 2.87. The third kappa shape index (κ3) is 7.64. The van der Waals surface area contributed by atoms with Gasteiger partial charge in [-0.25, -0.2) is 17.9 Å². The number of methoxy groups -OCH3 is 1. The average molecular weight is 362 g/mol. The summed E-state index contributed by atoms with van der Waals surface area (Å²) in [5.41, 5.74) is -5.35. The highest BCUT2D eigenvalue weighted by atomic mass is 32.2. The maximum Gasteiger partial charge on any atom is 0.511 e. The van der Waals surface area contributed by atoms with Gasteiger partial charge in [0.25, 0.3) is 0 Å². The van der Waals surface area contributed by atoms with Crippen LogP contribution in [0, 0.1) is 5.92 Å². The summed E-state index contributed by atoms with van der Waals surface area (Å²) in [5, 5.41) is 2.47. The van der Waals surface area contributed by atoms with E-state index in [-0.39, 0.29) is 25.2 Å². The maximum atomic E-state index is 12.0. The molecule has 136 valence electrons. The Labute approximate surface area is 133 Å². The number of esters is 1. The van der Waals surface area contributed by atoms with E-state index in [9.17, 15) is 31.2 Å². The molecule has 0 bridgehead atoms. The van der Waals surface area contributed by atoms with Gasteiger partial charge in [-0.1, -0.05) is 13.8 Å². The first kappa shape index (κ1) is 21.6. The number of rotatable bonds is 9. The van der Waals surface area contributed by atoms with Crippen molar-refractivity contribution in [1.29, 1.82) is 0 Å². The number of amides is 1. The van der Waals surface area contributed by atoms with Crippen LogP contribution in [0.2, 0.25) is 0 Å². The fraction of sp³-hybridized carbons (Fsp3) is 0.833. The molecule has 0 aliphatic rings. The van der Waals surface area contributed by atoms with Gasteiger partial charge >= 0.3 is 21.5 Å². The van der Waals surface area contributed by atoms with Crippen LogP contribution in [0.5, 0.6) is 0 Å². The van der Waals surface area contributed by atoms with Crippen molar-refractivity contribution in [2.24, 2.45) is 5.92 Å². The number of sulfonamides is 1. The minimum atomic E-state index is -5.36. The van der Waals surface area contributed by atoms with E-state index in [4.69, 9.17) is 0 Å². The van der Waals surface area contributed by atoms with Gasteiger partial charge < -0.3 is 10.1 Å². The van der Waals surface area contributed by atoms with Gasteiger partial charge in [0.15, 0.2) is 0 Å². The Balaban J connectivity index is 4.15. The molecule has 0 aromatic heterocycles. The number of hydrogen-bond donors (Lipinski definition) is 2.